The van der Waals surface area contributed by atoms with Crippen LogP contribution in [-0.4, -0.2) is 34.2 Å². The lowest BCUT2D eigenvalue weighted by molar-refractivity contribution is -0.384. The first-order valence-corrected chi connectivity index (χ1v) is 5.25. The maximum Gasteiger partial charge on any atom is 0.311 e. The summed E-state index contributed by atoms with van der Waals surface area (Å²) in [5.74, 6) is 0.266. The normalized spacial score (nSPS) is 11.4. The summed E-state index contributed by atoms with van der Waals surface area (Å²) in [6, 6.07) is 1.48. The van der Waals surface area contributed by atoms with E-state index in [2.05, 4.69) is 4.98 Å². The molecule has 0 aromatic carbocycles. The molecule has 1 rings (SSSR count). The van der Waals surface area contributed by atoms with Crippen LogP contribution in [0.25, 0.3) is 0 Å². The van der Waals surface area contributed by atoms with Gasteiger partial charge in [-0.05, 0) is 26.3 Å². The number of hydrogen-bond acceptors (Lipinski definition) is 5. The zero-order valence-corrected chi connectivity index (χ0v) is 10.5. The van der Waals surface area contributed by atoms with Crippen molar-refractivity contribution < 1.29 is 10.0 Å². The fraction of sp³-hybridized carbons (Fsp3) is 0.545. The van der Waals surface area contributed by atoms with Crippen LogP contribution in [0.1, 0.15) is 19.4 Å². The zero-order chi connectivity index (χ0) is 13.2. The molecule has 1 N–H and O–H groups in total. The third-order valence-electron chi connectivity index (χ3n) is 2.17. The van der Waals surface area contributed by atoms with Gasteiger partial charge in [-0.25, -0.2) is 4.98 Å². The lowest BCUT2D eigenvalue weighted by Crippen LogP contribution is -2.36. The van der Waals surface area contributed by atoms with Gasteiger partial charge in [0, 0.05) is 25.9 Å². The molecule has 0 aliphatic carbocycles. The molecule has 6 nitrogen and oxygen atoms in total. The van der Waals surface area contributed by atoms with Crippen molar-refractivity contribution >= 4 is 11.5 Å². The number of hydrogen-bond donors (Lipinski definition) is 1. The molecule has 0 fully saturated rings. The summed E-state index contributed by atoms with van der Waals surface area (Å²) in [5.41, 5.74) is -0.247. The second kappa shape index (κ2) is 4.67. The second-order valence-corrected chi connectivity index (χ2v) is 4.78. The van der Waals surface area contributed by atoms with Crippen LogP contribution < -0.4 is 4.90 Å². The fourth-order valence-corrected chi connectivity index (χ4v) is 1.63. The number of likely N-dealkylation sites (N-methyl/N-ethyl adjacent to an activating group) is 1. The molecule has 0 atom stereocenters. The van der Waals surface area contributed by atoms with E-state index in [9.17, 15) is 15.2 Å². The number of nitro groups is 1. The smallest absolute Gasteiger partial charge is 0.311 e. The van der Waals surface area contributed by atoms with Crippen molar-refractivity contribution in [1.82, 2.24) is 4.98 Å². The number of nitrogens with zero attached hydrogens (tertiary/aromatic N) is 3. The maximum atomic E-state index is 10.9. The van der Waals surface area contributed by atoms with E-state index in [1.165, 1.54) is 6.07 Å². The van der Waals surface area contributed by atoms with Gasteiger partial charge in [-0.2, -0.15) is 0 Å². The Morgan fingerprint density at radius 2 is 2.18 bits per heavy atom. The molecule has 0 radical (unpaired) electrons. The average Bonchev–Trinajstić information content (AvgIpc) is 2.14. The molecule has 0 spiro atoms. The van der Waals surface area contributed by atoms with Crippen molar-refractivity contribution in [2.75, 3.05) is 18.5 Å². The Hall–Kier alpha value is -1.69. The minimum Gasteiger partial charge on any atom is -0.389 e. The highest BCUT2D eigenvalue weighted by Crippen LogP contribution is 2.26. The molecule has 0 bridgehead atoms. The van der Waals surface area contributed by atoms with Crippen LogP contribution in [0.15, 0.2) is 12.3 Å². The van der Waals surface area contributed by atoms with E-state index in [-0.39, 0.29) is 18.1 Å². The first kappa shape index (κ1) is 13.4. The standard InChI is InChI=1S/C11H17N3O3/c1-8-5-9(14(16)17)10(12-6-8)13(4)7-11(2,3)15/h5-6,15H,7H2,1-4H3. The van der Waals surface area contributed by atoms with Crippen molar-refractivity contribution in [2.45, 2.75) is 26.4 Å². The van der Waals surface area contributed by atoms with Crippen LogP contribution in [0.5, 0.6) is 0 Å². The fourth-order valence-electron chi connectivity index (χ4n) is 1.63. The summed E-state index contributed by atoms with van der Waals surface area (Å²) in [6.45, 7) is 5.30. The Bertz CT molecular complexity index is 426. The van der Waals surface area contributed by atoms with Crippen LogP contribution in [0, 0.1) is 17.0 Å². The lowest BCUT2D eigenvalue weighted by atomic mass is 10.1. The molecular weight excluding hydrogens is 222 g/mol. The summed E-state index contributed by atoms with van der Waals surface area (Å²) in [6.07, 6.45) is 1.57. The van der Waals surface area contributed by atoms with E-state index < -0.39 is 10.5 Å². The lowest BCUT2D eigenvalue weighted by Gasteiger charge is -2.26. The highest BCUT2D eigenvalue weighted by Gasteiger charge is 2.23. The molecule has 0 aliphatic rings. The Kier molecular flexibility index (Phi) is 3.67. The van der Waals surface area contributed by atoms with E-state index in [1.54, 1.807) is 38.9 Å². The molecular formula is C11H17N3O3. The summed E-state index contributed by atoms with van der Waals surface area (Å²) >= 11 is 0. The first-order chi connectivity index (χ1) is 7.70. The Morgan fingerprint density at radius 3 is 2.65 bits per heavy atom. The number of rotatable bonds is 4. The van der Waals surface area contributed by atoms with Crippen molar-refractivity contribution in [3.05, 3.63) is 27.9 Å². The molecule has 0 amide bonds. The molecule has 6 heteroatoms. The van der Waals surface area contributed by atoms with Gasteiger partial charge in [0.05, 0.1) is 10.5 Å². The minimum absolute atomic E-state index is 0.0447. The highest BCUT2D eigenvalue weighted by atomic mass is 16.6. The minimum atomic E-state index is -0.935. The van der Waals surface area contributed by atoms with Crippen LogP contribution in [0.3, 0.4) is 0 Å². The molecule has 0 saturated heterocycles. The van der Waals surface area contributed by atoms with Crippen LogP contribution >= 0.6 is 0 Å². The largest absolute Gasteiger partial charge is 0.389 e. The number of aryl methyl sites for hydroxylation is 1. The Labute approximate surface area is 100 Å². The number of aliphatic hydroxyl groups is 1. The average molecular weight is 239 g/mol. The van der Waals surface area contributed by atoms with E-state index in [0.717, 1.165) is 5.56 Å². The van der Waals surface area contributed by atoms with Crippen LogP contribution in [0.4, 0.5) is 11.5 Å². The van der Waals surface area contributed by atoms with E-state index in [0.29, 0.717) is 0 Å². The predicted octanol–water partition coefficient (Wildman–Crippen LogP) is 1.51. The molecule has 1 heterocycles. The molecule has 94 valence electrons. The molecule has 0 saturated carbocycles. The van der Waals surface area contributed by atoms with Gasteiger partial charge in [0.15, 0.2) is 0 Å². The number of anilines is 1. The third kappa shape index (κ3) is 3.67. The van der Waals surface area contributed by atoms with Gasteiger partial charge in [0.1, 0.15) is 0 Å². The van der Waals surface area contributed by atoms with Gasteiger partial charge in [0.25, 0.3) is 0 Å². The molecule has 1 aromatic heterocycles. The third-order valence-corrected chi connectivity index (χ3v) is 2.17. The van der Waals surface area contributed by atoms with Crippen molar-refractivity contribution in [1.29, 1.82) is 0 Å². The quantitative estimate of drug-likeness (QED) is 0.636. The second-order valence-electron chi connectivity index (χ2n) is 4.78. The Balaban J connectivity index is 3.09. The number of aromatic nitrogens is 1. The van der Waals surface area contributed by atoms with E-state index in [1.807, 2.05) is 0 Å². The first-order valence-electron chi connectivity index (χ1n) is 5.25. The van der Waals surface area contributed by atoms with E-state index >= 15 is 0 Å². The Morgan fingerprint density at radius 1 is 1.59 bits per heavy atom. The maximum absolute atomic E-state index is 10.9. The van der Waals surface area contributed by atoms with Gasteiger partial charge < -0.3 is 10.0 Å². The summed E-state index contributed by atoms with van der Waals surface area (Å²) in [5, 5.41) is 20.6. The summed E-state index contributed by atoms with van der Waals surface area (Å²) < 4.78 is 0. The van der Waals surface area contributed by atoms with Gasteiger partial charge in [-0.15, -0.1) is 0 Å². The van der Waals surface area contributed by atoms with Gasteiger partial charge in [-0.1, -0.05) is 0 Å². The monoisotopic (exact) mass is 239 g/mol. The molecule has 0 unspecified atom stereocenters. The highest BCUT2D eigenvalue weighted by molar-refractivity contribution is 5.58. The number of pyridine rings is 1. The van der Waals surface area contributed by atoms with Gasteiger partial charge >= 0.3 is 5.69 Å². The summed E-state index contributed by atoms with van der Waals surface area (Å²) in [4.78, 5) is 16.1. The van der Waals surface area contributed by atoms with E-state index in [4.69, 9.17) is 0 Å². The molecule has 0 aliphatic heterocycles. The molecule has 17 heavy (non-hydrogen) atoms. The van der Waals surface area contributed by atoms with Gasteiger partial charge in [-0.3, -0.25) is 10.1 Å². The SMILES string of the molecule is Cc1cnc(N(C)CC(C)(C)O)c([N+](=O)[O-])c1. The zero-order valence-electron chi connectivity index (χ0n) is 10.5. The topological polar surface area (TPSA) is 79.5 Å². The predicted molar refractivity (Wildman–Crippen MR) is 65.2 cm³/mol. The van der Waals surface area contributed by atoms with Crippen molar-refractivity contribution in [3.8, 4) is 0 Å². The summed E-state index contributed by atoms with van der Waals surface area (Å²) in [7, 11) is 1.67. The van der Waals surface area contributed by atoms with Crippen molar-refractivity contribution in [2.24, 2.45) is 0 Å². The van der Waals surface area contributed by atoms with Crippen molar-refractivity contribution in [3.63, 3.8) is 0 Å². The van der Waals surface area contributed by atoms with Gasteiger partial charge in [0.2, 0.25) is 5.82 Å². The molecule has 1 aromatic rings. The van der Waals surface area contributed by atoms with Crippen LogP contribution in [0.2, 0.25) is 0 Å². The van der Waals surface area contributed by atoms with Crippen LogP contribution in [-0.2, 0) is 0 Å².